The van der Waals surface area contributed by atoms with Crippen LogP contribution in [-0.4, -0.2) is 50.9 Å². The Balaban J connectivity index is 1.93. The largest absolute Gasteiger partial charge is 0.490 e. The fourth-order valence-corrected chi connectivity index (χ4v) is 2.59. The van der Waals surface area contributed by atoms with Gasteiger partial charge >= 0.3 is 0 Å². The number of likely N-dealkylation sites (N-methyl/N-ethyl adjacent to an activating group) is 1. The molecular formula is C17H28N2O2. The number of nitrogens with one attached hydrogen (secondary N) is 1. The first kappa shape index (κ1) is 16.3. The van der Waals surface area contributed by atoms with E-state index in [9.17, 15) is 0 Å². The van der Waals surface area contributed by atoms with Crippen molar-refractivity contribution in [2.24, 2.45) is 0 Å². The fraction of sp³-hybridized carbons (Fsp3) is 0.647. The van der Waals surface area contributed by atoms with Gasteiger partial charge in [0.15, 0.2) is 0 Å². The molecule has 4 nitrogen and oxygen atoms in total. The van der Waals surface area contributed by atoms with E-state index >= 15 is 0 Å². The van der Waals surface area contributed by atoms with E-state index in [1.54, 1.807) is 0 Å². The monoisotopic (exact) mass is 292 g/mol. The molecule has 0 saturated carbocycles. The summed E-state index contributed by atoms with van der Waals surface area (Å²) in [5.41, 5.74) is 1.22. The number of ether oxygens (including phenoxy) is 2. The van der Waals surface area contributed by atoms with Gasteiger partial charge in [0.1, 0.15) is 18.5 Å². The van der Waals surface area contributed by atoms with Crippen LogP contribution in [0.1, 0.15) is 31.9 Å². The molecule has 4 heteroatoms. The zero-order chi connectivity index (χ0) is 15.1. The number of rotatable bonds is 7. The summed E-state index contributed by atoms with van der Waals surface area (Å²) in [6.45, 7) is 8.73. The van der Waals surface area contributed by atoms with Gasteiger partial charge in [0.25, 0.3) is 0 Å². The van der Waals surface area contributed by atoms with Gasteiger partial charge in [0.05, 0.1) is 6.61 Å². The van der Waals surface area contributed by atoms with Crippen molar-refractivity contribution in [1.29, 1.82) is 0 Å². The molecule has 0 aliphatic carbocycles. The summed E-state index contributed by atoms with van der Waals surface area (Å²) in [7, 11) is 2.13. The predicted octanol–water partition coefficient (Wildman–Crippen LogP) is 2.46. The third-order valence-electron chi connectivity index (χ3n) is 3.85. The highest BCUT2D eigenvalue weighted by Gasteiger charge is 2.19. The van der Waals surface area contributed by atoms with Crippen LogP contribution in [0.25, 0.3) is 0 Å². The lowest BCUT2D eigenvalue weighted by molar-refractivity contribution is -0.0405. The molecular weight excluding hydrogens is 264 g/mol. The molecule has 1 heterocycles. The first-order valence-corrected chi connectivity index (χ1v) is 7.96. The molecule has 0 spiro atoms. The minimum atomic E-state index is 0.163. The number of morpholine rings is 1. The van der Waals surface area contributed by atoms with Crippen LogP contribution in [-0.2, 0) is 4.74 Å². The van der Waals surface area contributed by atoms with Crippen molar-refractivity contribution >= 4 is 0 Å². The van der Waals surface area contributed by atoms with Gasteiger partial charge in [-0.3, -0.25) is 0 Å². The Morgan fingerprint density at radius 2 is 2.24 bits per heavy atom. The van der Waals surface area contributed by atoms with Crippen LogP contribution in [0.15, 0.2) is 24.3 Å². The smallest absolute Gasteiger partial charge is 0.124 e. The first-order valence-electron chi connectivity index (χ1n) is 7.96. The highest BCUT2D eigenvalue weighted by Crippen LogP contribution is 2.25. The van der Waals surface area contributed by atoms with Gasteiger partial charge in [-0.15, -0.1) is 0 Å². The second-order valence-corrected chi connectivity index (χ2v) is 5.78. The van der Waals surface area contributed by atoms with E-state index < -0.39 is 0 Å². The number of hydrogen-bond acceptors (Lipinski definition) is 4. The van der Waals surface area contributed by atoms with Crippen molar-refractivity contribution in [3.63, 3.8) is 0 Å². The van der Waals surface area contributed by atoms with Crippen LogP contribution in [0.5, 0.6) is 5.75 Å². The van der Waals surface area contributed by atoms with Crippen molar-refractivity contribution in [3.05, 3.63) is 29.8 Å². The standard InChI is InChI=1S/C17H28N2O2/c1-4-9-18-14(2)16-7-5-6-8-17(16)21-13-15-12-19(3)10-11-20-15/h5-8,14-15,18H,4,9-13H2,1-3H3. The highest BCUT2D eigenvalue weighted by atomic mass is 16.5. The van der Waals surface area contributed by atoms with Gasteiger partial charge in [-0.2, -0.15) is 0 Å². The van der Waals surface area contributed by atoms with E-state index in [-0.39, 0.29) is 6.10 Å². The molecule has 2 rings (SSSR count). The highest BCUT2D eigenvalue weighted by molar-refractivity contribution is 5.35. The van der Waals surface area contributed by atoms with E-state index in [4.69, 9.17) is 9.47 Å². The second kappa shape index (κ2) is 8.37. The van der Waals surface area contributed by atoms with Gasteiger partial charge in [0.2, 0.25) is 0 Å². The van der Waals surface area contributed by atoms with Crippen LogP contribution < -0.4 is 10.1 Å². The molecule has 2 atom stereocenters. The Morgan fingerprint density at radius 3 is 3.00 bits per heavy atom. The average Bonchev–Trinajstić information content (AvgIpc) is 2.51. The second-order valence-electron chi connectivity index (χ2n) is 5.78. The summed E-state index contributed by atoms with van der Waals surface area (Å²) in [5.74, 6) is 0.963. The SMILES string of the molecule is CCCNC(C)c1ccccc1OCC1CN(C)CCO1. The summed E-state index contributed by atoms with van der Waals surface area (Å²) < 4.78 is 11.8. The summed E-state index contributed by atoms with van der Waals surface area (Å²) in [4.78, 5) is 2.29. The van der Waals surface area contributed by atoms with E-state index in [2.05, 4.69) is 43.2 Å². The van der Waals surface area contributed by atoms with Crippen molar-refractivity contribution in [2.75, 3.05) is 39.9 Å². The summed E-state index contributed by atoms with van der Waals surface area (Å²) in [6.07, 6.45) is 1.30. The zero-order valence-corrected chi connectivity index (χ0v) is 13.5. The van der Waals surface area contributed by atoms with Crippen molar-refractivity contribution in [2.45, 2.75) is 32.4 Å². The maximum atomic E-state index is 6.03. The van der Waals surface area contributed by atoms with Gasteiger partial charge < -0.3 is 19.7 Å². The molecule has 2 unspecified atom stereocenters. The molecule has 1 aliphatic heterocycles. The van der Waals surface area contributed by atoms with Gasteiger partial charge in [-0.1, -0.05) is 25.1 Å². The van der Waals surface area contributed by atoms with Crippen LogP contribution in [0.4, 0.5) is 0 Å². The Bertz CT molecular complexity index is 425. The normalized spacial score (nSPS) is 21.2. The van der Waals surface area contributed by atoms with E-state index in [1.165, 1.54) is 5.56 Å². The lowest BCUT2D eigenvalue weighted by Gasteiger charge is -2.30. The Labute approximate surface area is 128 Å². The fourth-order valence-electron chi connectivity index (χ4n) is 2.59. The van der Waals surface area contributed by atoms with Crippen molar-refractivity contribution in [1.82, 2.24) is 10.2 Å². The zero-order valence-electron chi connectivity index (χ0n) is 13.5. The molecule has 0 amide bonds. The lowest BCUT2D eigenvalue weighted by atomic mass is 10.1. The molecule has 21 heavy (non-hydrogen) atoms. The minimum Gasteiger partial charge on any atom is -0.490 e. The molecule has 1 saturated heterocycles. The third-order valence-corrected chi connectivity index (χ3v) is 3.85. The molecule has 1 N–H and O–H groups in total. The molecule has 1 aromatic rings. The van der Waals surface area contributed by atoms with Gasteiger partial charge in [-0.25, -0.2) is 0 Å². The minimum absolute atomic E-state index is 0.163. The molecule has 1 aromatic carbocycles. The van der Waals surface area contributed by atoms with Crippen LogP contribution in [0, 0.1) is 0 Å². The Morgan fingerprint density at radius 1 is 1.43 bits per heavy atom. The Kier molecular flexibility index (Phi) is 6.49. The van der Waals surface area contributed by atoms with E-state index in [0.29, 0.717) is 12.6 Å². The summed E-state index contributed by atoms with van der Waals surface area (Å²) >= 11 is 0. The van der Waals surface area contributed by atoms with Crippen LogP contribution >= 0.6 is 0 Å². The number of hydrogen-bond donors (Lipinski definition) is 1. The number of benzene rings is 1. The third kappa shape index (κ3) is 4.99. The van der Waals surface area contributed by atoms with Crippen molar-refractivity contribution < 1.29 is 9.47 Å². The maximum Gasteiger partial charge on any atom is 0.124 e. The molecule has 1 aliphatic rings. The lowest BCUT2D eigenvalue weighted by Crippen LogP contribution is -2.42. The summed E-state index contributed by atoms with van der Waals surface area (Å²) in [5, 5.41) is 3.51. The molecule has 0 bridgehead atoms. The molecule has 0 aromatic heterocycles. The van der Waals surface area contributed by atoms with Crippen LogP contribution in [0.2, 0.25) is 0 Å². The van der Waals surface area contributed by atoms with Gasteiger partial charge in [0, 0.05) is 24.7 Å². The average molecular weight is 292 g/mol. The molecule has 1 fully saturated rings. The summed E-state index contributed by atoms with van der Waals surface area (Å²) in [6, 6.07) is 8.58. The number of para-hydroxylation sites is 1. The van der Waals surface area contributed by atoms with Crippen LogP contribution in [0.3, 0.4) is 0 Å². The Hall–Kier alpha value is -1.10. The topological polar surface area (TPSA) is 33.7 Å². The molecule has 0 radical (unpaired) electrons. The first-order chi connectivity index (χ1) is 10.2. The van der Waals surface area contributed by atoms with Crippen molar-refractivity contribution in [3.8, 4) is 5.75 Å². The van der Waals surface area contributed by atoms with E-state index in [1.807, 2.05) is 12.1 Å². The quantitative estimate of drug-likeness (QED) is 0.837. The van der Waals surface area contributed by atoms with E-state index in [0.717, 1.165) is 38.4 Å². The maximum absolute atomic E-state index is 6.03. The number of nitrogens with zero attached hydrogens (tertiary/aromatic N) is 1. The predicted molar refractivity (Wildman–Crippen MR) is 85.9 cm³/mol. The molecule has 118 valence electrons. The van der Waals surface area contributed by atoms with Gasteiger partial charge in [-0.05, 0) is 33.0 Å².